The van der Waals surface area contributed by atoms with Crippen molar-refractivity contribution in [1.82, 2.24) is 4.98 Å². The molecular weight excluding hydrogens is 242 g/mol. The summed E-state index contributed by atoms with van der Waals surface area (Å²) < 4.78 is 0. The molecule has 5 heteroatoms. The van der Waals surface area contributed by atoms with Gasteiger partial charge in [0.25, 0.3) is 0 Å². The number of hydrogen-bond acceptors (Lipinski definition) is 5. The number of aliphatic hydroxyl groups excluding tert-OH is 1. The Morgan fingerprint density at radius 2 is 2.11 bits per heavy atom. The van der Waals surface area contributed by atoms with E-state index in [4.69, 9.17) is 5.26 Å². The Bertz CT molecular complexity index is 660. The zero-order valence-electron chi connectivity index (χ0n) is 10.2. The third kappa shape index (κ3) is 2.64. The Labute approximate surface area is 110 Å². The van der Waals surface area contributed by atoms with Crippen molar-refractivity contribution in [3.05, 3.63) is 52.7 Å². The van der Waals surface area contributed by atoms with Gasteiger partial charge in [0.2, 0.25) is 0 Å². The van der Waals surface area contributed by atoms with Crippen LogP contribution < -0.4 is 0 Å². The van der Waals surface area contributed by atoms with Gasteiger partial charge in [-0.1, -0.05) is 6.07 Å². The molecule has 19 heavy (non-hydrogen) atoms. The molecule has 0 aliphatic rings. The van der Waals surface area contributed by atoms with Crippen LogP contribution in [0.5, 0.6) is 0 Å². The molecule has 0 radical (unpaired) electrons. The van der Waals surface area contributed by atoms with Gasteiger partial charge in [0, 0.05) is 18.0 Å². The topological polar surface area (TPSA) is 86.3 Å². The van der Waals surface area contributed by atoms with Gasteiger partial charge in [0.05, 0.1) is 11.7 Å². The van der Waals surface area contributed by atoms with Gasteiger partial charge in [-0.15, -0.1) is 4.91 Å². The Morgan fingerprint density at radius 1 is 1.32 bits per heavy atom. The Morgan fingerprint density at radius 3 is 2.74 bits per heavy atom. The van der Waals surface area contributed by atoms with E-state index in [1.165, 1.54) is 6.07 Å². The summed E-state index contributed by atoms with van der Waals surface area (Å²) in [5.74, 6) is 0. The fourth-order valence-corrected chi connectivity index (χ4v) is 1.73. The molecule has 1 aromatic heterocycles. The quantitative estimate of drug-likeness (QED) is 0.851. The van der Waals surface area contributed by atoms with Crippen molar-refractivity contribution in [1.29, 1.82) is 5.26 Å². The average molecular weight is 253 g/mol. The maximum Gasteiger partial charge on any atom is 0.126 e. The molecule has 0 fully saturated rings. The van der Waals surface area contributed by atoms with Crippen molar-refractivity contribution < 1.29 is 5.11 Å². The maximum atomic E-state index is 10.7. The molecule has 0 aliphatic heterocycles. The number of pyridine rings is 1. The van der Waals surface area contributed by atoms with E-state index in [1.807, 2.05) is 6.07 Å². The summed E-state index contributed by atoms with van der Waals surface area (Å²) in [4.78, 5) is 14.7. The lowest BCUT2D eigenvalue weighted by molar-refractivity contribution is 0.199. The van der Waals surface area contributed by atoms with Gasteiger partial charge in [-0.05, 0) is 41.4 Å². The van der Waals surface area contributed by atoms with Crippen molar-refractivity contribution in [3.8, 4) is 17.2 Å². The molecule has 1 N–H and O–H groups in total. The van der Waals surface area contributed by atoms with Gasteiger partial charge in [0.15, 0.2) is 0 Å². The van der Waals surface area contributed by atoms with Crippen LogP contribution in [0, 0.1) is 16.2 Å². The highest BCUT2D eigenvalue weighted by Gasteiger charge is 2.08. The molecule has 0 saturated carbocycles. The molecule has 5 nitrogen and oxygen atoms in total. The Kier molecular flexibility index (Phi) is 3.64. The average Bonchev–Trinajstić information content (AvgIpc) is 2.46. The van der Waals surface area contributed by atoms with E-state index in [9.17, 15) is 10.0 Å². The first-order valence-electron chi connectivity index (χ1n) is 5.66. The van der Waals surface area contributed by atoms with E-state index in [0.717, 1.165) is 11.1 Å². The van der Waals surface area contributed by atoms with Crippen molar-refractivity contribution in [2.24, 2.45) is 5.18 Å². The van der Waals surface area contributed by atoms with Crippen molar-refractivity contribution in [2.75, 3.05) is 0 Å². The molecular formula is C14H11N3O2. The number of nitrogens with zero attached hydrogens (tertiary/aromatic N) is 3. The number of nitroso groups, excluding NO2 is 1. The number of rotatable bonds is 3. The molecule has 1 unspecified atom stereocenters. The normalized spacial score (nSPS) is 11.6. The van der Waals surface area contributed by atoms with Gasteiger partial charge in [-0.2, -0.15) is 5.26 Å². The van der Waals surface area contributed by atoms with Gasteiger partial charge < -0.3 is 5.11 Å². The summed E-state index contributed by atoms with van der Waals surface area (Å²) in [6, 6.07) is 8.49. The molecule has 0 bridgehead atoms. The molecule has 1 aromatic carbocycles. The fourth-order valence-electron chi connectivity index (χ4n) is 1.73. The van der Waals surface area contributed by atoms with E-state index in [1.54, 1.807) is 37.5 Å². The molecule has 2 rings (SSSR count). The van der Waals surface area contributed by atoms with Crippen LogP contribution in [-0.2, 0) is 0 Å². The van der Waals surface area contributed by atoms with Crippen molar-refractivity contribution in [2.45, 2.75) is 13.0 Å². The monoisotopic (exact) mass is 253 g/mol. The van der Waals surface area contributed by atoms with E-state index in [0.29, 0.717) is 5.56 Å². The predicted molar refractivity (Wildman–Crippen MR) is 70.5 cm³/mol. The fraction of sp³-hybridized carbons (Fsp3) is 0.143. The van der Waals surface area contributed by atoms with E-state index in [2.05, 4.69) is 10.2 Å². The van der Waals surface area contributed by atoms with Gasteiger partial charge >= 0.3 is 0 Å². The number of aliphatic hydroxyl groups is 1. The second-order valence-electron chi connectivity index (χ2n) is 4.12. The lowest BCUT2D eigenvalue weighted by Gasteiger charge is -2.07. The third-order valence-corrected chi connectivity index (χ3v) is 2.79. The summed E-state index contributed by atoms with van der Waals surface area (Å²) >= 11 is 0. The summed E-state index contributed by atoms with van der Waals surface area (Å²) in [6.45, 7) is 1.65. The van der Waals surface area contributed by atoms with Crippen LogP contribution in [0.3, 0.4) is 0 Å². The second-order valence-corrected chi connectivity index (χ2v) is 4.12. The second kappa shape index (κ2) is 5.38. The summed E-state index contributed by atoms with van der Waals surface area (Å²) in [5, 5.41) is 21.2. The van der Waals surface area contributed by atoms with E-state index < -0.39 is 6.10 Å². The zero-order chi connectivity index (χ0) is 13.8. The maximum absolute atomic E-state index is 10.7. The van der Waals surface area contributed by atoms with Crippen molar-refractivity contribution in [3.63, 3.8) is 0 Å². The van der Waals surface area contributed by atoms with Crippen LogP contribution in [0.1, 0.15) is 24.2 Å². The smallest absolute Gasteiger partial charge is 0.126 e. The number of hydrogen-bond donors (Lipinski definition) is 1. The largest absolute Gasteiger partial charge is 0.389 e. The highest BCUT2D eigenvalue weighted by Crippen LogP contribution is 2.28. The van der Waals surface area contributed by atoms with Crippen LogP contribution in [0.15, 0.2) is 41.8 Å². The Hall–Kier alpha value is -2.58. The van der Waals surface area contributed by atoms with Crippen LogP contribution in [0.4, 0.5) is 5.69 Å². The van der Waals surface area contributed by atoms with Crippen LogP contribution in [-0.4, -0.2) is 10.1 Å². The zero-order valence-corrected chi connectivity index (χ0v) is 10.2. The number of aromatic nitrogens is 1. The lowest BCUT2D eigenvalue weighted by atomic mass is 10.0. The van der Waals surface area contributed by atoms with Gasteiger partial charge in [-0.3, -0.25) is 4.98 Å². The minimum absolute atomic E-state index is 0.0995. The molecule has 0 amide bonds. The minimum Gasteiger partial charge on any atom is -0.389 e. The molecule has 0 aliphatic carbocycles. The molecule has 94 valence electrons. The summed E-state index contributed by atoms with van der Waals surface area (Å²) in [5.41, 5.74) is 2.50. The summed E-state index contributed by atoms with van der Waals surface area (Å²) in [6.07, 6.45) is 2.59. The standard InChI is InChI=1S/C14H11N3O2/c1-9(18)12-4-13(8-16-7-12)10-2-3-11(6-15)14(5-10)17-19/h2-5,7-9,18H,1H3. The molecule has 1 heterocycles. The van der Waals surface area contributed by atoms with Crippen molar-refractivity contribution >= 4 is 5.69 Å². The predicted octanol–water partition coefficient (Wildman–Crippen LogP) is 3.07. The first-order chi connectivity index (χ1) is 9.15. The third-order valence-electron chi connectivity index (χ3n) is 2.79. The number of nitriles is 1. The molecule has 1 atom stereocenters. The van der Waals surface area contributed by atoms with Gasteiger partial charge in [0.1, 0.15) is 11.8 Å². The van der Waals surface area contributed by atoms with Crippen LogP contribution in [0.2, 0.25) is 0 Å². The highest BCUT2D eigenvalue weighted by molar-refractivity contribution is 5.70. The van der Waals surface area contributed by atoms with Gasteiger partial charge in [-0.25, -0.2) is 0 Å². The highest BCUT2D eigenvalue weighted by atomic mass is 16.3. The van der Waals surface area contributed by atoms with Crippen LogP contribution in [0.25, 0.3) is 11.1 Å². The molecule has 0 saturated heterocycles. The van der Waals surface area contributed by atoms with E-state index in [-0.39, 0.29) is 11.3 Å². The molecule has 0 spiro atoms. The first kappa shape index (κ1) is 12.9. The van der Waals surface area contributed by atoms with E-state index >= 15 is 0 Å². The minimum atomic E-state index is -0.616. The lowest BCUT2D eigenvalue weighted by Crippen LogP contribution is -1.93. The SMILES string of the molecule is CC(O)c1cncc(-c2ccc(C#N)c(N=O)c2)c1. The Balaban J connectivity index is 2.50. The molecule has 2 aromatic rings. The number of benzene rings is 1. The summed E-state index contributed by atoms with van der Waals surface area (Å²) in [7, 11) is 0. The first-order valence-corrected chi connectivity index (χ1v) is 5.66. The van der Waals surface area contributed by atoms with Crippen LogP contribution >= 0.6 is 0 Å².